The van der Waals surface area contributed by atoms with Crippen LogP contribution >= 0.6 is 0 Å². The molecule has 18 N–H and O–H groups in total. The fraction of sp³-hybridized carbons (Fsp3) is 0.797. The summed E-state index contributed by atoms with van der Waals surface area (Å²) in [6.07, 6.45) is -30.0. The summed E-state index contributed by atoms with van der Waals surface area (Å²) in [6, 6.07) is -1.92. The van der Waals surface area contributed by atoms with Crippen molar-refractivity contribution in [3.05, 3.63) is 42.0 Å². The van der Waals surface area contributed by atoms with E-state index in [9.17, 15) is 90.4 Å². The molecule has 0 bridgehead atoms. The Balaban J connectivity index is 1.20. The fourth-order valence-corrected chi connectivity index (χ4v) is 12.2. The molecule has 5 aliphatic heterocycles. The van der Waals surface area contributed by atoms with Crippen LogP contribution in [0.25, 0.3) is 0 Å². The van der Waals surface area contributed by atoms with E-state index < -0.39 is 247 Å². The summed E-state index contributed by atoms with van der Waals surface area (Å²) < 4.78 is 77.9. The second-order valence-electron chi connectivity index (χ2n) is 25.3. The number of rotatable bonds is 37. The maximum Gasteiger partial charge on any atom is 0.251 e. The van der Waals surface area contributed by atoms with Crippen LogP contribution in [0.5, 0.6) is 5.75 Å². The van der Waals surface area contributed by atoms with E-state index in [1.54, 1.807) is 12.1 Å². The van der Waals surface area contributed by atoms with Crippen molar-refractivity contribution in [3.63, 3.8) is 0 Å². The SMILES string of the molecule is CCCCCC/C=C\CCCOc1cccc(C(=O)N[C@@H]2C(O[C@H]3C(O)C(NC(C)=O)[C@H](OC4C(CO)O[C@@H](O[C@H]5C(O)C(NC(C)=O)C(OC(CO)C(CO[C@@H]6OC(C)C(O)[C@H](O)[C@H]6OC)OC(O)[C@H](C)NC(C)=O)O[C@H]5CO)[C@@H](NC(C)=O)[C@H]4O)O[C@H]3CO)OC(CO)[C@@H](O)C2O)c1. The van der Waals surface area contributed by atoms with Gasteiger partial charge in [0.2, 0.25) is 23.6 Å². The lowest BCUT2D eigenvalue weighted by Crippen LogP contribution is -2.72. The van der Waals surface area contributed by atoms with Crippen molar-refractivity contribution >= 4 is 29.5 Å². The number of unbranched alkanes of at least 4 members (excludes halogenated alkanes) is 5. The van der Waals surface area contributed by atoms with Crippen molar-refractivity contribution in [2.45, 2.75) is 271 Å². The average molecular weight is 1440 g/mol. The van der Waals surface area contributed by atoms with Crippen molar-refractivity contribution in [2.75, 3.05) is 53.4 Å². The van der Waals surface area contributed by atoms with E-state index in [0.717, 1.165) is 46.5 Å². The molecule has 6 rings (SSSR count). The van der Waals surface area contributed by atoms with Crippen molar-refractivity contribution in [1.29, 1.82) is 0 Å². The van der Waals surface area contributed by atoms with Crippen LogP contribution in [0.2, 0.25) is 0 Å². The Bertz CT molecular complexity index is 2700. The molecule has 5 amide bonds. The van der Waals surface area contributed by atoms with Crippen LogP contribution < -0.4 is 31.3 Å². The maximum absolute atomic E-state index is 14.0. The lowest BCUT2D eigenvalue weighted by Gasteiger charge is -2.51. The number of amides is 5. The molecule has 5 heterocycles. The van der Waals surface area contributed by atoms with Gasteiger partial charge in [-0.25, -0.2) is 0 Å². The summed E-state index contributed by atoms with van der Waals surface area (Å²) in [5.41, 5.74) is 0.0485. The Hall–Kier alpha value is -4.89. The summed E-state index contributed by atoms with van der Waals surface area (Å²) >= 11 is 0. The second-order valence-corrected chi connectivity index (χ2v) is 25.3. The van der Waals surface area contributed by atoms with Gasteiger partial charge in [-0.2, -0.15) is 0 Å². The molecule has 0 aliphatic carbocycles. The minimum atomic E-state index is -2.06. The zero-order chi connectivity index (χ0) is 73.7. The number of hydrogen-bond donors (Lipinski definition) is 18. The van der Waals surface area contributed by atoms with Gasteiger partial charge in [0, 0.05) is 40.4 Å². The van der Waals surface area contributed by atoms with Gasteiger partial charge >= 0.3 is 0 Å². The Labute approximate surface area is 578 Å². The van der Waals surface area contributed by atoms with E-state index >= 15 is 0 Å². The van der Waals surface area contributed by atoms with Crippen molar-refractivity contribution in [2.24, 2.45) is 0 Å². The molecule has 36 nitrogen and oxygen atoms in total. The predicted molar refractivity (Wildman–Crippen MR) is 340 cm³/mol. The summed E-state index contributed by atoms with van der Waals surface area (Å²) in [5.74, 6) is -3.49. The first-order valence-corrected chi connectivity index (χ1v) is 33.6. The highest BCUT2D eigenvalue weighted by atomic mass is 16.8. The number of nitrogens with one attached hydrogen (secondary N) is 5. The standard InChI is InChI=1S/C64H105N5O31/c1-9-10-11-12-13-14-15-16-17-21-89-36-20-18-19-35(22-36)58(86)69-43-49(81)48(80)38(24-71)94-61(43)98-55-40(26-73)96-63(45(51(55)83)67-33(6)77)100-56-41(27-74)97-62(46(52(56)84)68-34(7)78)99-54-39(25-72)95-60(44(50(54)82)66-32(5)76)93-37(23-70)42(92-59(87)29(2)65-31(4)75)28-90-64-57(88-8)53(85)47(79)30(3)91-64/h14-15,18-20,22,29-30,37-57,59-64,70-74,79-85,87H,9-13,16-17,21,23-28H2,1-8H3,(H,65,75)(H,66,76)(H,67,77)(H,68,78)(H,69,86)/b15-14-/t29-,30?,37?,38?,39-,40-,41?,42?,43-,44?,45?,46-,47?,48+,49?,50?,51?,52+,53-,54+,55+,56?,57+,59?,60?,61?,62-,63-,64+/m0/s1. The van der Waals surface area contributed by atoms with Crippen LogP contribution in [-0.2, 0) is 76.0 Å². The van der Waals surface area contributed by atoms with Crippen molar-refractivity contribution in [1.82, 2.24) is 26.6 Å². The molecule has 0 aromatic heterocycles. The van der Waals surface area contributed by atoms with Gasteiger partial charge in [0.1, 0.15) is 134 Å². The van der Waals surface area contributed by atoms with Crippen LogP contribution in [0.4, 0.5) is 0 Å². The summed E-state index contributed by atoms with van der Waals surface area (Å²) in [4.78, 5) is 64.7. The molecule has 5 fully saturated rings. The molecule has 0 radical (unpaired) electrons. The second kappa shape index (κ2) is 41.0. The van der Waals surface area contributed by atoms with Gasteiger partial charge in [0.15, 0.2) is 37.7 Å². The first-order valence-electron chi connectivity index (χ1n) is 33.6. The maximum atomic E-state index is 14.0. The summed E-state index contributed by atoms with van der Waals surface area (Å²) in [5, 5.41) is 158. The average Bonchev–Trinajstić information content (AvgIpc) is 0.767. The highest BCUT2D eigenvalue weighted by Crippen LogP contribution is 2.36. The summed E-state index contributed by atoms with van der Waals surface area (Å²) in [7, 11) is 1.21. The van der Waals surface area contributed by atoms with E-state index in [0.29, 0.717) is 18.8 Å². The van der Waals surface area contributed by atoms with Gasteiger partial charge in [-0.05, 0) is 57.7 Å². The molecule has 36 heteroatoms. The molecule has 1 aromatic carbocycles. The molecule has 29 atom stereocenters. The first kappa shape index (κ1) is 84.1. The number of aliphatic hydroxyl groups is 13. The van der Waals surface area contributed by atoms with E-state index in [1.165, 1.54) is 52.9 Å². The fourth-order valence-electron chi connectivity index (χ4n) is 12.2. The van der Waals surface area contributed by atoms with Crippen LogP contribution in [0, 0.1) is 0 Å². The molecule has 572 valence electrons. The van der Waals surface area contributed by atoms with Gasteiger partial charge in [0.05, 0.1) is 58.4 Å². The molecule has 0 spiro atoms. The monoisotopic (exact) mass is 1440 g/mol. The summed E-state index contributed by atoms with van der Waals surface area (Å²) in [6.45, 7) is 4.00. The highest BCUT2D eigenvalue weighted by molar-refractivity contribution is 5.94. The van der Waals surface area contributed by atoms with E-state index in [-0.39, 0.29) is 5.56 Å². The lowest BCUT2D eigenvalue weighted by atomic mass is 9.93. The van der Waals surface area contributed by atoms with Gasteiger partial charge in [-0.1, -0.05) is 44.4 Å². The minimum absolute atomic E-state index is 0.0485. The molecule has 0 saturated carbocycles. The zero-order valence-electron chi connectivity index (χ0n) is 57.3. The molecular weight excluding hydrogens is 1330 g/mol. The highest BCUT2D eigenvalue weighted by Gasteiger charge is 2.57. The van der Waals surface area contributed by atoms with Gasteiger partial charge in [0.25, 0.3) is 5.91 Å². The molecule has 1 aromatic rings. The van der Waals surface area contributed by atoms with Gasteiger partial charge < -0.3 is 155 Å². The van der Waals surface area contributed by atoms with Crippen LogP contribution in [-0.4, -0.2) is 327 Å². The Morgan fingerprint density at radius 1 is 0.550 bits per heavy atom. The largest absolute Gasteiger partial charge is 0.494 e. The molecule has 100 heavy (non-hydrogen) atoms. The number of hydrogen-bond acceptors (Lipinski definition) is 31. The number of methoxy groups -OCH3 is 1. The van der Waals surface area contributed by atoms with E-state index in [4.69, 9.17) is 61.6 Å². The Morgan fingerprint density at radius 3 is 1.52 bits per heavy atom. The van der Waals surface area contributed by atoms with E-state index in [2.05, 4.69) is 45.7 Å². The number of allylic oxidation sites excluding steroid dienone is 2. The third-order valence-electron chi connectivity index (χ3n) is 17.6. The molecule has 5 saturated heterocycles. The predicted octanol–water partition coefficient (Wildman–Crippen LogP) is -6.08. The van der Waals surface area contributed by atoms with Crippen molar-refractivity contribution < 1.29 is 152 Å². The first-order chi connectivity index (χ1) is 47.6. The van der Waals surface area contributed by atoms with Gasteiger partial charge in [-0.3, -0.25) is 24.0 Å². The number of carbonyl (C=O) groups is 5. The zero-order valence-corrected chi connectivity index (χ0v) is 57.3. The van der Waals surface area contributed by atoms with Crippen molar-refractivity contribution in [3.8, 4) is 5.75 Å². The van der Waals surface area contributed by atoms with Crippen LogP contribution in [0.15, 0.2) is 36.4 Å². The normalized spacial score (nSPS) is 36.0. The number of benzene rings is 1. The number of ether oxygens (including phenoxy) is 13. The smallest absolute Gasteiger partial charge is 0.251 e. The molecule has 15 unspecified atom stereocenters. The Morgan fingerprint density at radius 2 is 1.04 bits per heavy atom. The lowest BCUT2D eigenvalue weighted by molar-refractivity contribution is -0.365. The number of carbonyl (C=O) groups excluding carboxylic acids is 5. The quantitative estimate of drug-likeness (QED) is 0.0167. The molecular formula is C64H105N5O31. The van der Waals surface area contributed by atoms with Gasteiger partial charge in [-0.15, -0.1) is 0 Å². The Kier molecular flexibility index (Phi) is 34.4. The van der Waals surface area contributed by atoms with E-state index in [1.807, 2.05) is 0 Å². The minimum Gasteiger partial charge on any atom is -0.494 e. The van der Waals surface area contributed by atoms with Crippen LogP contribution in [0.3, 0.4) is 0 Å². The third-order valence-corrected chi connectivity index (χ3v) is 17.6. The molecule has 5 aliphatic rings. The number of aliphatic hydroxyl groups excluding tert-OH is 13. The van der Waals surface area contributed by atoms with Crippen LogP contribution in [0.1, 0.15) is 104 Å². The topological polar surface area (TPSA) is 528 Å². The third kappa shape index (κ3) is 22.8.